The largest absolute Gasteiger partial charge is 0.462 e. The summed E-state index contributed by atoms with van der Waals surface area (Å²) >= 11 is 0. The zero-order valence-corrected chi connectivity index (χ0v) is 22.8. The molecule has 0 aliphatic carbocycles. The topological polar surface area (TPSA) is 102 Å². The normalized spacial score (nSPS) is 11.1. The Balaban J connectivity index is 1.67. The van der Waals surface area contributed by atoms with Gasteiger partial charge < -0.3 is 20.1 Å². The highest BCUT2D eigenvalue weighted by molar-refractivity contribution is 6.16. The first-order valence-corrected chi connectivity index (χ1v) is 12.9. The number of aromatic nitrogens is 2. The molecule has 0 bridgehead atoms. The van der Waals surface area contributed by atoms with Crippen molar-refractivity contribution >= 4 is 57.1 Å². The zero-order valence-electron chi connectivity index (χ0n) is 22.8. The van der Waals surface area contributed by atoms with Gasteiger partial charge >= 0.3 is 18.1 Å². The second kappa shape index (κ2) is 12.5. The van der Waals surface area contributed by atoms with Gasteiger partial charge in [-0.25, -0.2) is 19.6 Å². The maximum absolute atomic E-state index is 13.4. The highest BCUT2D eigenvalue weighted by Crippen LogP contribution is 2.33. The number of halogens is 3. The number of nitrogens with one attached hydrogen (secondary N) is 2. The van der Waals surface area contributed by atoms with Gasteiger partial charge in [0.2, 0.25) is 0 Å². The number of carbonyl (C=O) groups is 2. The van der Waals surface area contributed by atoms with Crippen molar-refractivity contribution in [3.8, 4) is 0 Å². The molecule has 0 spiro atoms. The van der Waals surface area contributed by atoms with Crippen LogP contribution in [0.4, 0.5) is 36.2 Å². The quantitative estimate of drug-likeness (QED) is 0.150. The predicted molar refractivity (Wildman–Crippen MR) is 155 cm³/mol. The lowest BCUT2D eigenvalue weighted by atomic mass is 10.1. The van der Waals surface area contributed by atoms with Crippen LogP contribution in [-0.2, 0) is 25.2 Å². The summed E-state index contributed by atoms with van der Waals surface area (Å²) in [5, 5.41) is 6.21. The summed E-state index contributed by atoms with van der Waals surface area (Å²) in [5.41, 5.74) is 2.01. The number of benzene rings is 3. The SMILES string of the molecule is C=C(C(=O)OCC)c1ccc(Nc2nc3ccc(C(F)(F)F)cc3nc2Nc2ccc(C(=C)C(=O)OCC)cc2)cc1. The van der Waals surface area contributed by atoms with E-state index in [0.29, 0.717) is 22.5 Å². The molecular weight excluding hydrogens is 549 g/mol. The first-order valence-electron chi connectivity index (χ1n) is 12.9. The molecule has 0 radical (unpaired) electrons. The molecule has 216 valence electrons. The molecule has 0 fully saturated rings. The number of hydrogen-bond donors (Lipinski definition) is 2. The van der Waals surface area contributed by atoms with E-state index in [1.807, 2.05) is 0 Å². The lowest BCUT2D eigenvalue weighted by molar-refractivity contribution is -0.138. The minimum Gasteiger partial charge on any atom is -0.462 e. The lowest BCUT2D eigenvalue weighted by Gasteiger charge is -2.15. The van der Waals surface area contributed by atoms with E-state index in [9.17, 15) is 22.8 Å². The van der Waals surface area contributed by atoms with Crippen molar-refractivity contribution in [3.05, 3.63) is 96.6 Å². The molecule has 11 heteroatoms. The smallest absolute Gasteiger partial charge is 0.416 e. The van der Waals surface area contributed by atoms with E-state index >= 15 is 0 Å². The Kier molecular flexibility index (Phi) is 8.90. The molecule has 4 rings (SSSR count). The second-order valence-corrected chi connectivity index (χ2v) is 8.92. The van der Waals surface area contributed by atoms with Crippen molar-refractivity contribution in [2.45, 2.75) is 20.0 Å². The van der Waals surface area contributed by atoms with E-state index in [0.717, 1.165) is 12.1 Å². The maximum atomic E-state index is 13.4. The van der Waals surface area contributed by atoms with Gasteiger partial charge in [0, 0.05) is 11.4 Å². The molecule has 0 saturated heterocycles. The Hall–Kier alpha value is -5.19. The third-order valence-electron chi connectivity index (χ3n) is 6.03. The number of alkyl halides is 3. The Morgan fingerprint density at radius 2 is 1.14 bits per heavy atom. The van der Waals surface area contributed by atoms with Crippen LogP contribution in [-0.4, -0.2) is 35.1 Å². The fourth-order valence-corrected chi connectivity index (χ4v) is 3.86. The first kappa shape index (κ1) is 29.8. The van der Waals surface area contributed by atoms with Gasteiger partial charge in [0.25, 0.3) is 0 Å². The summed E-state index contributed by atoms with van der Waals surface area (Å²) in [4.78, 5) is 33.0. The number of nitrogens with zero attached hydrogens (tertiary/aromatic N) is 2. The van der Waals surface area contributed by atoms with Crippen molar-refractivity contribution in [1.29, 1.82) is 0 Å². The molecule has 42 heavy (non-hydrogen) atoms. The van der Waals surface area contributed by atoms with Gasteiger partial charge in [0.05, 0.1) is 41.0 Å². The van der Waals surface area contributed by atoms with Gasteiger partial charge in [0.1, 0.15) is 0 Å². The fraction of sp³-hybridized carbons (Fsp3) is 0.161. The number of anilines is 4. The minimum absolute atomic E-state index is 0.0336. The van der Waals surface area contributed by atoms with Crippen LogP contribution in [0.25, 0.3) is 22.2 Å². The molecule has 0 atom stereocenters. The summed E-state index contributed by atoms with van der Waals surface area (Å²) in [6, 6.07) is 16.5. The average molecular weight is 577 g/mol. The van der Waals surface area contributed by atoms with Gasteiger partial charge in [-0.3, -0.25) is 0 Å². The van der Waals surface area contributed by atoms with Gasteiger partial charge in [0.15, 0.2) is 11.6 Å². The molecule has 0 unspecified atom stereocenters. The fourth-order valence-electron chi connectivity index (χ4n) is 3.86. The molecule has 0 saturated carbocycles. The van der Waals surface area contributed by atoms with E-state index in [1.165, 1.54) is 6.07 Å². The molecule has 1 heterocycles. The average Bonchev–Trinajstić information content (AvgIpc) is 2.97. The number of ether oxygens (including phenoxy) is 2. The zero-order chi connectivity index (χ0) is 30.4. The van der Waals surface area contributed by atoms with Crippen molar-refractivity contribution in [1.82, 2.24) is 9.97 Å². The minimum atomic E-state index is -4.55. The standard InChI is InChI=1S/C31H27F3N4O4/c1-5-41-29(39)18(3)20-7-12-23(13-8-20)35-27-28(38-26-17-22(31(32,33)34)11-16-25(26)37-27)36-24-14-9-21(10-15-24)19(4)30(40)42-6-2/h7-17H,3-6H2,1-2H3,(H,35,37)(H,36,38). The highest BCUT2D eigenvalue weighted by Gasteiger charge is 2.31. The van der Waals surface area contributed by atoms with Crippen molar-refractivity contribution in [3.63, 3.8) is 0 Å². The van der Waals surface area contributed by atoms with E-state index in [2.05, 4.69) is 33.8 Å². The van der Waals surface area contributed by atoms with Crippen LogP contribution in [0.3, 0.4) is 0 Å². The summed E-state index contributed by atoms with van der Waals surface area (Å²) in [5.74, 6) is -0.680. The number of carbonyl (C=O) groups excluding carboxylic acids is 2. The molecular formula is C31H27F3N4O4. The van der Waals surface area contributed by atoms with Gasteiger partial charge in [-0.2, -0.15) is 13.2 Å². The molecule has 0 aliphatic heterocycles. The predicted octanol–water partition coefficient (Wildman–Crippen LogP) is 7.29. The van der Waals surface area contributed by atoms with Crippen LogP contribution in [0.15, 0.2) is 79.9 Å². The van der Waals surface area contributed by atoms with E-state index in [4.69, 9.17) is 9.47 Å². The lowest BCUT2D eigenvalue weighted by Crippen LogP contribution is -2.07. The highest BCUT2D eigenvalue weighted by atomic mass is 19.4. The van der Waals surface area contributed by atoms with Gasteiger partial charge in [-0.05, 0) is 67.4 Å². The van der Waals surface area contributed by atoms with E-state index in [1.54, 1.807) is 62.4 Å². The van der Waals surface area contributed by atoms with Crippen LogP contribution < -0.4 is 10.6 Å². The molecule has 0 aliphatic rings. The molecule has 0 amide bonds. The summed E-state index contributed by atoms with van der Waals surface area (Å²) < 4.78 is 50.1. The molecule has 8 nitrogen and oxygen atoms in total. The van der Waals surface area contributed by atoms with Gasteiger partial charge in [-0.15, -0.1) is 0 Å². The van der Waals surface area contributed by atoms with Crippen LogP contribution in [0.2, 0.25) is 0 Å². The molecule has 3 aromatic carbocycles. The van der Waals surface area contributed by atoms with Crippen LogP contribution in [0, 0.1) is 0 Å². The Labute approximate surface area is 239 Å². The van der Waals surface area contributed by atoms with Crippen molar-refractivity contribution in [2.24, 2.45) is 0 Å². The Bertz CT molecular complexity index is 1650. The molecule has 1 aromatic heterocycles. The summed E-state index contributed by atoms with van der Waals surface area (Å²) in [6.45, 7) is 11.4. The van der Waals surface area contributed by atoms with Crippen LogP contribution in [0.5, 0.6) is 0 Å². The number of esters is 2. The van der Waals surface area contributed by atoms with Crippen LogP contribution >= 0.6 is 0 Å². The number of hydrogen-bond acceptors (Lipinski definition) is 8. The number of rotatable bonds is 10. The molecule has 2 N–H and O–H groups in total. The summed E-state index contributed by atoms with van der Waals surface area (Å²) in [6.07, 6.45) is -4.55. The number of fused-ring (bicyclic) bond motifs is 1. The van der Waals surface area contributed by atoms with Crippen molar-refractivity contribution in [2.75, 3.05) is 23.8 Å². The Morgan fingerprint density at radius 1 is 0.714 bits per heavy atom. The van der Waals surface area contributed by atoms with Crippen molar-refractivity contribution < 1.29 is 32.2 Å². The summed E-state index contributed by atoms with van der Waals surface area (Å²) in [7, 11) is 0. The monoisotopic (exact) mass is 576 g/mol. The molecule has 4 aromatic rings. The maximum Gasteiger partial charge on any atom is 0.416 e. The second-order valence-electron chi connectivity index (χ2n) is 8.92. The van der Waals surface area contributed by atoms with E-state index in [-0.39, 0.29) is 47.0 Å². The third kappa shape index (κ3) is 6.92. The third-order valence-corrected chi connectivity index (χ3v) is 6.03. The van der Waals surface area contributed by atoms with Crippen LogP contribution in [0.1, 0.15) is 30.5 Å². The first-order chi connectivity index (χ1) is 20.0. The van der Waals surface area contributed by atoms with Gasteiger partial charge in [-0.1, -0.05) is 37.4 Å². The van der Waals surface area contributed by atoms with E-state index < -0.39 is 23.7 Å². The Morgan fingerprint density at radius 3 is 1.55 bits per heavy atom.